The largest absolute Gasteiger partial charge is 0.462 e. The number of carbonyl (C=O) groups is 3. The summed E-state index contributed by atoms with van der Waals surface area (Å²) >= 11 is 0. The third-order valence-corrected chi connectivity index (χ3v) is 10.7. The predicted octanol–water partition coefficient (Wildman–Crippen LogP) is 17.7. The van der Waals surface area contributed by atoms with Crippen LogP contribution in [0.4, 0.5) is 0 Å². The molecule has 0 rings (SSSR count). The second-order valence-electron chi connectivity index (χ2n) is 17.0. The van der Waals surface area contributed by atoms with Gasteiger partial charge in [-0.15, -0.1) is 0 Å². The molecule has 1 atom stereocenters. The van der Waals surface area contributed by atoms with Gasteiger partial charge in [-0.2, -0.15) is 0 Å². The van der Waals surface area contributed by atoms with E-state index in [1.807, 2.05) is 0 Å². The van der Waals surface area contributed by atoms with E-state index in [1.165, 1.54) is 44.9 Å². The summed E-state index contributed by atoms with van der Waals surface area (Å²) in [6.07, 6.45) is 73.3. The summed E-state index contributed by atoms with van der Waals surface area (Å²) in [5.74, 6) is -1.03. The minimum Gasteiger partial charge on any atom is -0.462 e. The molecule has 66 heavy (non-hydrogen) atoms. The van der Waals surface area contributed by atoms with Crippen LogP contribution >= 0.6 is 0 Å². The van der Waals surface area contributed by atoms with Crippen molar-refractivity contribution in [1.82, 2.24) is 0 Å². The first kappa shape index (κ1) is 61.8. The van der Waals surface area contributed by atoms with Gasteiger partial charge in [0.15, 0.2) is 6.10 Å². The topological polar surface area (TPSA) is 78.9 Å². The predicted molar refractivity (Wildman–Crippen MR) is 283 cm³/mol. The van der Waals surface area contributed by atoms with Crippen LogP contribution in [0.3, 0.4) is 0 Å². The van der Waals surface area contributed by atoms with Crippen molar-refractivity contribution in [1.29, 1.82) is 0 Å². The van der Waals surface area contributed by atoms with E-state index in [1.54, 1.807) is 0 Å². The fraction of sp³-hybridized carbons (Fsp3) is 0.617. The summed E-state index contributed by atoms with van der Waals surface area (Å²) in [5, 5.41) is 0. The number of allylic oxidation sites excluding steroid dienone is 20. The Balaban J connectivity index is 4.55. The maximum Gasteiger partial charge on any atom is 0.306 e. The molecule has 0 radical (unpaired) electrons. The summed E-state index contributed by atoms with van der Waals surface area (Å²) < 4.78 is 16.7. The van der Waals surface area contributed by atoms with Crippen LogP contribution in [-0.2, 0) is 28.6 Å². The van der Waals surface area contributed by atoms with E-state index in [0.717, 1.165) is 128 Å². The molecule has 0 fully saturated rings. The number of rotatable bonds is 46. The van der Waals surface area contributed by atoms with Gasteiger partial charge in [-0.3, -0.25) is 14.4 Å². The average molecular weight is 913 g/mol. The summed E-state index contributed by atoms with van der Waals surface area (Å²) in [7, 11) is 0. The Morgan fingerprint density at radius 2 is 0.606 bits per heavy atom. The Bertz CT molecular complexity index is 1420. The SMILES string of the molecule is CC/C=C\C/C=C\C/C=C\C/C=C\C/C=C\CCCCCC(=O)OCC(COC(=O)CCCCCCC/C=C\C/C=C\CC)OC(=O)CCC/C=C\C/C=C\C/C=C\CCCCCCCC. The molecular weight excluding hydrogens is 817 g/mol. The molecule has 0 saturated heterocycles. The molecule has 372 valence electrons. The van der Waals surface area contributed by atoms with Crippen LogP contribution < -0.4 is 0 Å². The lowest BCUT2D eigenvalue weighted by molar-refractivity contribution is -0.167. The van der Waals surface area contributed by atoms with E-state index in [2.05, 4.69) is 142 Å². The fourth-order valence-electron chi connectivity index (χ4n) is 6.76. The first-order valence-electron chi connectivity index (χ1n) is 26.5. The van der Waals surface area contributed by atoms with Crippen molar-refractivity contribution in [2.45, 2.75) is 226 Å². The molecule has 0 aliphatic carbocycles. The normalized spacial score (nSPS) is 13.1. The highest BCUT2D eigenvalue weighted by atomic mass is 16.6. The Labute approximate surface area is 405 Å². The minimum absolute atomic E-state index is 0.120. The standard InChI is InChI=1S/C60H96O6/c1-4-7-10-13-16-19-22-25-27-29-30-32-33-35-38-41-44-47-50-53-59(62)65-56-57(55-64-58(61)52-49-46-43-40-37-24-21-18-15-12-9-6-3)66-60(63)54-51-48-45-42-39-36-34-31-28-26-23-20-17-14-11-8-5-2/h7,9-10,12,16,18-19,21,25-28,30,32,34-36,38,42,45,57H,4-6,8,11,13-15,17,20,22-24,29,31,33,37,39-41,43-44,46-56H2,1-3H3/b10-7-,12-9-,19-16-,21-18-,27-25-,28-26-,32-30-,36-34-,38-35-,45-42-. The number of unbranched alkanes of at least 4 members (excludes halogenated alkanes) is 15. The Morgan fingerprint density at radius 3 is 0.985 bits per heavy atom. The van der Waals surface area contributed by atoms with Crippen LogP contribution in [0.15, 0.2) is 122 Å². The zero-order chi connectivity index (χ0) is 47.9. The molecule has 6 heteroatoms. The summed E-state index contributed by atoms with van der Waals surface area (Å²) in [4.78, 5) is 38.0. The number of esters is 3. The highest BCUT2D eigenvalue weighted by Gasteiger charge is 2.19. The fourth-order valence-corrected chi connectivity index (χ4v) is 6.76. The molecule has 0 aliphatic rings. The van der Waals surface area contributed by atoms with Crippen molar-refractivity contribution in [3.05, 3.63) is 122 Å². The number of hydrogen-bond acceptors (Lipinski definition) is 6. The van der Waals surface area contributed by atoms with E-state index < -0.39 is 6.10 Å². The monoisotopic (exact) mass is 913 g/mol. The first-order chi connectivity index (χ1) is 32.5. The van der Waals surface area contributed by atoms with Crippen LogP contribution in [-0.4, -0.2) is 37.2 Å². The van der Waals surface area contributed by atoms with E-state index in [-0.39, 0.29) is 37.5 Å². The van der Waals surface area contributed by atoms with Crippen molar-refractivity contribution in [3.63, 3.8) is 0 Å². The van der Waals surface area contributed by atoms with Crippen molar-refractivity contribution in [3.8, 4) is 0 Å². The Morgan fingerprint density at radius 1 is 0.318 bits per heavy atom. The van der Waals surface area contributed by atoms with Gasteiger partial charge in [0.2, 0.25) is 0 Å². The van der Waals surface area contributed by atoms with Gasteiger partial charge in [-0.25, -0.2) is 0 Å². The Kier molecular flexibility index (Phi) is 50.0. The van der Waals surface area contributed by atoms with Crippen LogP contribution in [0.1, 0.15) is 220 Å². The molecule has 0 heterocycles. The quantitative estimate of drug-likeness (QED) is 0.0262. The highest BCUT2D eigenvalue weighted by Crippen LogP contribution is 2.12. The third kappa shape index (κ3) is 50.8. The van der Waals surface area contributed by atoms with Crippen molar-refractivity contribution < 1.29 is 28.6 Å². The molecule has 0 aromatic heterocycles. The van der Waals surface area contributed by atoms with Crippen LogP contribution in [0, 0.1) is 0 Å². The van der Waals surface area contributed by atoms with Crippen molar-refractivity contribution in [2.75, 3.05) is 13.2 Å². The second-order valence-corrected chi connectivity index (χ2v) is 17.0. The van der Waals surface area contributed by atoms with Gasteiger partial charge < -0.3 is 14.2 Å². The van der Waals surface area contributed by atoms with E-state index in [4.69, 9.17) is 14.2 Å². The summed E-state index contributed by atoms with van der Waals surface area (Å²) in [6, 6.07) is 0. The zero-order valence-corrected chi connectivity index (χ0v) is 42.4. The third-order valence-electron chi connectivity index (χ3n) is 10.7. The second kappa shape index (κ2) is 53.4. The smallest absolute Gasteiger partial charge is 0.306 e. The molecule has 0 N–H and O–H groups in total. The van der Waals surface area contributed by atoms with E-state index in [0.29, 0.717) is 19.3 Å². The van der Waals surface area contributed by atoms with Crippen LogP contribution in [0.2, 0.25) is 0 Å². The number of ether oxygens (including phenoxy) is 3. The summed E-state index contributed by atoms with van der Waals surface area (Å²) in [5.41, 5.74) is 0. The minimum atomic E-state index is -0.827. The van der Waals surface area contributed by atoms with Gasteiger partial charge in [-0.05, 0) is 122 Å². The average Bonchev–Trinajstić information content (AvgIpc) is 3.31. The van der Waals surface area contributed by atoms with Gasteiger partial charge >= 0.3 is 17.9 Å². The number of hydrogen-bond donors (Lipinski definition) is 0. The van der Waals surface area contributed by atoms with Gasteiger partial charge in [-0.1, -0.05) is 200 Å². The molecular formula is C60H96O6. The van der Waals surface area contributed by atoms with E-state index in [9.17, 15) is 14.4 Å². The molecule has 0 spiro atoms. The maximum absolute atomic E-state index is 12.8. The molecule has 6 nitrogen and oxygen atoms in total. The molecule has 0 amide bonds. The molecule has 0 saturated carbocycles. The van der Waals surface area contributed by atoms with Gasteiger partial charge in [0.25, 0.3) is 0 Å². The highest BCUT2D eigenvalue weighted by molar-refractivity contribution is 5.71. The van der Waals surface area contributed by atoms with Crippen molar-refractivity contribution >= 4 is 17.9 Å². The molecule has 0 aromatic carbocycles. The lowest BCUT2D eigenvalue weighted by atomic mass is 10.1. The van der Waals surface area contributed by atoms with Gasteiger partial charge in [0, 0.05) is 19.3 Å². The first-order valence-corrected chi connectivity index (χ1v) is 26.5. The lowest BCUT2D eigenvalue weighted by Crippen LogP contribution is -2.30. The Hall–Kier alpha value is -4.19. The van der Waals surface area contributed by atoms with Gasteiger partial charge in [0.1, 0.15) is 13.2 Å². The lowest BCUT2D eigenvalue weighted by Gasteiger charge is -2.18. The molecule has 0 aliphatic heterocycles. The molecule has 1 unspecified atom stereocenters. The maximum atomic E-state index is 12.8. The van der Waals surface area contributed by atoms with Crippen LogP contribution in [0.5, 0.6) is 0 Å². The number of carbonyl (C=O) groups excluding carboxylic acids is 3. The molecule has 0 bridgehead atoms. The van der Waals surface area contributed by atoms with E-state index >= 15 is 0 Å². The summed E-state index contributed by atoms with van der Waals surface area (Å²) in [6.45, 7) is 6.31. The molecule has 0 aromatic rings. The van der Waals surface area contributed by atoms with Gasteiger partial charge in [0.05, 0.1) is 0 Å². The van der Waals surface area contributed by atoms with Crippen molar-refractivity contribution in [2.24, 2.45) is 0 Å². The zero-order valence-electron chi connectivity index (χ0n) is 42.4. The van der Waals surface area contributed by atoms with Crippen LogP contribution in [0.25, 0.3) is 0 Å².